The number of hydrogen-bond acceptors (Lipinski definition) is 5. The minimum atomic E-state index is -0.594. The lowest BCUT2D eigenvalue weighted by molar-refractivity contribution is -0.122. The highest BCUT2D eigenvalue weighted by Crippen LogP contribution is 2.23. The Morgan fingerprint density at radius 2 is 1.50 bits per heavy atom. The summed E-state index contributed by atoms with van der Waals surface area (Å²) in [6.07, 6.45) is 0.854. The molecule has 1 amide bonds. The number of carbonyl (C=O) groups is 2. The molecule has 1 fully saturated rings. The van der Waals surface area contributed by atoms with Crippen LogP contribution in [0.4, 0.5) is 5.69 Å². The Bertz CT molecular complexity index is 1090. The normalized spacial score (nSPS) is 19.5. The molecule has 0 saturated carbocycles. The van der Waals surface area contributed by atoms with Gasteiger partial charge in [0, 0.05) is 22.8 Å². The minimum absolute atomic E-state index is 0.152. The molecule has 5 N–H and O–H groups in total. The van der Waals surface area contributed by atoms with Gasteiger partial charge >= 0.3 is 0 Å². The Labute approximate surface area is 201 Å². The van der Waals surface area contributed by atoms with Crippen LogP contribution in [-0.2, 0) is 4.79 Å². The van der Waals surface area contributed by atoms with E-state index in [2.05, 4.69) is 10.3 Å². The number of hydrogen-bond donors (Lipinski definition) is 3. The van der Waals surface area contributed by atoms with Crippen LogP contribution < -0.4 is 16.8 Å². The lowest BCUT2D eigenvalue weighted by Crippen LogP contribution is -2.54. The highest BCUT2D eigenvalue weighted by molar-refractivity contribution is 6.13. The van der Waals surface area contributed by atoms with E-state index in [1.807, 2.05) is 98.8 Å². The van der Waals surface area contributed by atoms with E-state index in [9.17, 15) is 9.59 Å². The number of rotatable bonds is 2. The number of nitrogens with two attached hydrogens (primary N) is 2. The monoisotopic (exact) mass is 456 g/mol. The Morgan fingerprint density at radius 1 is 0.941 bits per heavy atom. The predicted molar refractivity (Wildman–Crippen MR) is 139 cm³/mol. The number of amides is 1. The van der Waals surface area contributed by atoms with Crippen LogP contribution in [-0.4, -0.2) is 24.1 Å². The molecule has 3 aromatic rings. The summed E-state index contributed by atoms with van der Waals surface area (Å²) in [5, 5.41) is 2.72. The average molecular weight is 457 g/mol. The molecule has 1 heterocycles. The van der Waals surface area contributed by atoms with Gasteiger partial charge in [0.25, 0.3) is 0 Å². The van der Waals surface area contributed by atoms with Crippen LogP contribution in [0.5, 0.6) is 0 Å². The van der Waals surface area contributed by atoms with Gasteiger partial charge < -0.3 is 16.8 Å². The molecule has 0 spiro atoms. The van der Waals surface area contributed by atoms with E-state index < -0.39 is 6.04 Å². The molecule has 1 aliphatic rings. The van der Waals surface area contributed by atoms with E-state index in [0.29, 0.717) is 11.5 Å². The van der Waals surface area contributed by atoms with Crippen LogP contribution in [0.25, 0.3) is 0 Å². The first-order valence-electron chi connectivity index (χ1n) is 11.0. The van der Waals surface area contributed by atoms with Crippen molar-refractivity contribution < 1.29 is 9.59 Å². The van der Waals surface area contributed by atoms with Crippen LogP contribution in [0, 0.1) is 12.8 Å². The standard InChI is InChI=1S/C14H18N4O.C8H8O.C6H6/c1-8-11(9(2)15)13(18-14(19)12(8)16)17-10-6-4-3-5-7-10;1-7-3-2-4-8(5-7)6-9;1-2-4-6-5-3-1/h3-8,12H,15-16H2,1-2H3,(H,17,18,19);2-6H,1H3;1-6H/b11-9-;;. The number of nitrogens with zero attached hydrogens (tertiary/aromatic N) is 1. The van der Waals surface area contributed by atoms with Crippen LogP contribution in [0.1, 0.15) is 29.8 Å². The van der Waals surface area contributed by atoms with Crippen molar-refractivity contribution in [2.45, 2.75) is 26.8 Å². The quantitative estimate of drug-likeness (QED) is 0.492. The van der Waals surface area contributed by atoms with E-state index in [4.69, 9.17) is 11.5 Å². The molecule has 3 aromatic carbocycles. The Kier molecular flexibility index (Phi) is 10.4. The molecule has 176 valence electrons. The maximum atomic E-state index is 11.8. The number of aryl methyl sites for hydroxylation is 1. The van der Waals surface area contributed by atoms with Gasteiger partial charge in [-0.1, -0.05) is 85.3 Å². The van der Waals surface area contributed by atoms with Crippen molar-refractivity contribution in [2.24, 2.45) is 22.4 Å². The van der Waals surface area contributed by atoms with Crippen molar-refractivity contribution in [1.29, 1.82) is 0 Å². The molecule has 6 heteroatoms. The molecular formula is C28H32N4O2. The van der Waals surface area contributed by atoms with Gasteiger partial charge in [0.1, 0.15) is 12.1 Å². The van der Waals surface area contributed by atoms with Crippen LogP contribution >= 0.6 is 0 Å². The summed E-state index contributed by atoms with van der Waals surface area (Å²) in [7, 11) is 0. The molecule has 2 unspecified atom stereocenters. The fraction of sp³-hybridized carbons (Fsp3) is 0.179. The summed E-state index contributed by atoms with van der Waals surface area (Å²) in [5.41, 5.74) is 15.8. The highest BCUT2D eigenvalue weighted by Gasteiger charge is 2.34. The number of carbonyl (C=O) groups excluding carboxylic acids is 2. The van der Waals surface area contributed by atoms with Crippen molar-refractivity contribution >= 4 is 23.7 Å². The van der Waals surface area contributed by atoms with Crippen molar-refractivity contribution in [3.63, 3.8) is 0 Å². The number of nitrogens with one attached hydrogen (secondary N) is 1. The van der Waals surface area contributed by atoms with Gasteiger partial charge in [-0.05, 0) is 32.0 Å². The minimum Gasteiger partial charge on any atom is -0.402 e. The molecule has 6 nitrogen and oxygen atoms in total. The smallest absolute Gasteiger partial charge is 0.243 e. The van der Waals surface area contributed by atoms with Crippen LogP contribution in [0.15, 0.2) is 107 Å². The van der Waals surface area contributed by atoms with E-state index >= 15 is 0 Å². The zero-order valence-electron chi connectivity index (χ0n) is 19.8. The first kappa shape index (κ1) is 26.2. The number of benzene rings is 3. The Hall–Kier alpha value is -4.03. The number of aliphatic imine (C=N–C) groups is 1. The molecule has 2 atom stereocenters. The third-order valence-corrected chi connectivity index (χ3v) is 5.06. The van der Waals surface area contributed by atoms with Gasteiger partial charge in [-0.3, -0.25) is 9.59 Å². The largest absolute Gasteiger partial charge is 0.402 e. The molecular weight excluding hydrogens is 424 g/mol. The fourth-order valence-corrected chi connectivity index (χ4v) is 3.28. The van der Waals surface area contributed by atoms with Crippen molar-refractivity contribution in [3.8, 4) is 0 Å². The zero-order chi connectivity index (χ0) is 24.9. The molecule has 34 heavy (non-hydrogen) atoms. The fourth-order valence-electron chi connectivity index (χ4n) is 3.28. The summed E-state index contributed by atoms with van der Waals surface area (Å²) in [6.45, 7) is 5.64. The van der Waals surface area contributed by atoms with Crippen LogP contribution in [0.2, 0.25) is 0 Å². The van der Waals surface area contributed by atoms with Crippen molar-refractivity contribution in [1.82, 2.24) is 5.32 Å². The second-order valence-corrected chi connectivity index (χ2v) is 7.88. The van der Waals surface area contributed by atoms with E-state index in [1.165, 1.54) is 0 Å². The SMILES string of the molecule is C/C(N)=C1/C(=Nc2ccccc2)NC(=O)C(N)C1C.Cc1cccc(C=O)c1.c1ccccc1. The lowest BCUT2D eigenvalue weighted by Gasteiger charge is -2.30. The molecule has 0 aromatic heterocycles. The number of allylic oxidation sites excluding steroid dienone is 1. The third-order valence-electron chi connectivity index (χ3n) is 5.06. The van der Waals surface area contributed by atoms with Crippen LogP contribution in [0.3, 0.4) is 0 Å². The van der Waals surface area contributed by atoms with Gasteiger partial charge in [0.15, 0.2) is 0 Å². The second kappa shape index (κ2) is 13.5. The summed E-state index contributed by atoms with van der Waals surface area (Å²) in [4.78, 5) is 26.4. The van der Waals surface area contributed by atoms with Crippen molar-refractivity contribution in [2.75, 3.05) is 0 Å². The number of piperidine rings is 1. The van der Waals surface area contributed by atoms with Gasteiger partial charge in [0.2, 0.25) is 5.91 Å². The average Bonchev–Trinajstić information content (AvgIpc) is 2.85. The predicted octanol–water partition coefficient (Wildman–Crippen LogP) is 4.54. The van der Waals surface area contributed by atoms with Gasteiger partial charge in [0.05, 0.1) is 11.7 Å². The first-order chi connectivity index (χ1) is 16.3. The number of aldehydes is 1. The maximum Gasteiger partial charge on any atom is 0.243 e. The molecule has 1 aliphatic heterocycles. The summed E-state index contributed by atoms with van der Waals surface area (Å²) in [6, 6.07) is 28.3. The summed E-state index contributed by atoms with van der Waals surface area (Å²) < 4.78 is 0. The van der Waals surface area contributed by atoms with Gasteiger partial charge in [-0.25, -0.2) is 4.99 Å². The lowest BCUT2D eigenvalue weighted by atomic mass is 9.87. The second-order valence-electron chi connectivity index (χ2n) is 7.88. The molecule has 0 radical (unpaired) electrons. The van der Waals surface area contributed by atoms with E-state index in [0.717, 1.165) is 28.7 Å². The summed E-state index contributed by atoms with van der Waals surface area (Å²) >= 11 is 0. The topological polar surface area (TPSA) is 111 Å². The van der Waals surface area contributed by atoms with E-state index in [1.54, 1.807) is 13.0 Å². The summed E-state index contributed by atoms with van der Waals surface area (Å²) in [5.74, 6) is 0.110. The highest BCUT2D eigenvalue weighted by atomic mass is 16.2. The van der Waals surface area contributed by atoms with Gasteiger partial charge in [-0.2, -0.15) is 0 Å². The number of amidine groups is 1. The Balaban J connectivity index is 0.000000223. The first-order valence-corrected chi connectivity index (χ1v) is 11.0. The van der Waals surface area contributed by atoms with E-state index in [-0.39, 0.29) is 11.8 Å². The Morgan fingerprint density at radius 3 is 1.97 bits per heavy atom. The van der Waals surface area contributed by atoms with Gasteiger partial charge in [-0.15, -0.1) is 0 Å². The maximum absolute atomic E-state index is 11.8. The molecule has 4 rings (SSSR count). The van der Waals surface area contributed by atoms with Crippen molar-refractivity contribution in [3.05, 3.63) is 113 Å². The third kappa shape index (κ3) is 8.15. The zero-order valence-corrected chi connectivity index (χ0v) is 19.8. The molecule has 0 bridgehead atoms. The molecule has 0 aliphatic carbocycles. The number of para-hydroxylation sites is 1. The molecule has 1 saturated heterocycles.